The molecular formula is C21H12BrIN2O3. The molecule has 0 saturated carbocycles. The fourth-order valence-corrected chi connectivity index (χ4v) is 3.67. The van der Waals surface area contributed by atoms with Gasteiger partial charge in [-0.2, -0.15) is 0 Å². The molecule has 0 aliphatic carbocycles. The van der Waals surface area contributed by atoms with Crippen molar-refractivity contribution in [3.8, 4) is 23.0 Å². The molecule has 0 unspecified atom stereocenters. The molecule has 0 radical (unpaired) electrons. The largest absolute Gasteiger partial charge is 0.454 e. The van der Waals surface area contributed by atoms with Crippen molar-refractivity contribution in [1.82, 2.24) is 4.98 Å². The first kappa shape index (κ1) is 17.7. The number of aliphatic imine (C=N–C) groups is 1. The Bertz CT molecular complexity index is 1220. The number of halogens is 2. The van der Waals surface area contributed by atoms with Gasteiger partial charge in [-0.3, -0.25) is 4.99 Å². The zero-order valence-corrected chi connectivity index (χ0v) is 18.1. The standard InChI is InChI=1S/C21H12BrIN2O3/c22-16-9-20-19(26-11-27-20)7-13(16)10-24-15-5-6-18-17(8-15)25-21(28-18)12-1-3-14(23)4-2-12/h1-10H,11H2. The maximum absolute atomic E-state index is 5.88. The number of benzene rings is 3. The molecule has 1 aromatic heterocycles. The lowest BCUT2D eigenvalue weighted by Gasteiger charge is -2.01. The molecule has 0 atom stereocenters. The van der Waals surface area contributed by atoms with Crippen LogP contribution >= 0.6 is 38.5 Å². The minimum Gasteiger partial charge on any atom is -0.454 e. The van der Waals surface area contributed by atoms with Crippen LogP contribution in [0, 0.1) is 3.57 Å². The number of hydrogen-bond donors (Lipinski definition) is 0. The van der Waals surface area contributed by atoms with Gasteiger partial charge in [-0.05, 0) is 93.1 Å². The molecule has 2 heterocycles. The Morgan fingerprint density at radius 1 is 1.00 bits per heavy atom. The summed E-state index contributed by atoms with van der Waals surface area (Å²) in [4.78, 5) is 9.18. The number of hydrogen-bond acceptors (Lipinski definition) is 5. The molecule has 0 saturated heterocycles. The molecule has 138 valence electrons. The highest BCUT2D eigenvalue weighted by Crippen LogP contribution is 2.36. The van der Waals surface area contributed by atoms with E-state index in [0.717, 1.165) is 43.9 Å². The van der Waals surface area contributed by atoms with Crippen LogP contribution in [0.1, 0.15) is 5.56 Å². The predicted molar refractivity (Wildman–Crippen MR) is 120 cm³/mol. The maximum Gasteiger partial charge on any atom is 0.231 e. The average Bonchev–Trinajstić information content (AvgIpc) is 3.32. The molecule has 0 spiro atoms. The minimum absolute atomic E-state index is 0.244. The zero-order chi connectivity index (χ0) is 19.1. The van der Waals surface area contributed by atoms with Crippen molar-refractivity contribution >= 4 is 61.5 Å². The third-order valence-electron chi connectivity index (χ3n) is 4.31. The molecule has 5 rings (SSSR count). The Morgan fingerprint density at radius 3 is 2.61 bits per heavy atom. The van der Waals surface area contributed by atoms with Gasteiger partial charge in [-0.15, -0.1) is 0 Å². The van der Waals surface area contributed by atoms with Crippen LogP contribution in [0.15, 0.2) is 68.5 Å². The number of oxazole rings is 1. The molecular weight excluding hydrogens is 535 g/mol. The fourth-order valence-electron chi connectivity index (χ4n) is 2.89. The van der Waals surface area contributed by atoms with Crippen LogP contribution in [-0.2, 0) is 0 Å². The molecule has 5 nitrogen and oxygen atoms in total. The van der Waals surface area contributed by atoms with Gasteiger partial charge in [-0.25, -0.2) is 4.98 Å². The second-order valence-electron chi connectivity index (χ2n) is 6.16. The van der Waals surface area contributed by atoms with Gasteiger partial charge in [0.1, 0.15) is 5.52 Å². The van der Waals surface area contributed by atoms with E-state index in [-0.39, 0.29) is 6.79 Å². The van der Waals surface area contributed by atoms with Crippen molar-refractivity contribution in [3.63, 3.8) is 0 Å². The van der Waals surface area contributed by atoms with E-state index >= 15 is 0 Å². The lowest BCUT2D eigenvalue weighted by atomic mass is 10.2. The number of nitrogens with zero attached hydrogens (tertiary/aromatic N) is 2. The summed E-state index contributed by atoms with van der Waals surface area (Å²) in [5.41, 5.74) is 4.15. The highest BCUT2D eigenvalue weighted by atomic mass is 127. The summed E-state index contributed by atoms with van der Waals surface area (Å²) in [5.74, 6) is 2.06. The van der Waals surface area contributed by atoms with E-state index in [1.165, 1.54) is 3.57 Å². The van der Waals surface area contributed by atoms with E-state index in [0.29, 0.717) is 5.89 Å². The lowest BCUT2D eigenvalue weighted by molar-refractivity contribution is 0.174. The normalized spacial score (nSPS) is 12.9. The monoisotopic (exact) mass is 546 g/mol. The van der Waals surface area contributed by atoms with Crippen molar-refractivity contribution in [2.24, 2.45) is 4.99 Å². The van der Waals surface area contributed by atoms with Gasteiger partial charge < -0.3 is 13.9 Å². The van der Waals surface area contributed by atoms with Crippen molar-refractivity contribution in [3.05, 3.63) is 68.2 Å². The van der Waals surface area contributed by atoms with Crippen LogP contribution in [0.3, 0.4) is 0 Å². The fraction of sp³-hybridized carbons (Fsp3) is 0.0476. The summed E-state index contributed by atoms with van der Waals surface area (Å²) in [7, 11) is 0. The van der Waals surface area contributed by atoms with Crippen molar-refractivity contribution in [1.29, 1.82) is 0 Å². The van der Waals surface area contributed by atoms with Crippen molar-refractivity contribution < 1.29 is 13.9 Å². The Kier molecular flexibility index (Phi) is 4.56. The molecule has 7 heteroatoms. The lowest BCUT2D eigenvalue weighted by Crippen LogP contribution is -1.92. The quantitative estimate of drug-likeness (QED) is 0.222. The third-order valence-corrected chi connectivity index (χ3v) is 5.71. The molecule has 4 aromatic rings. The Morgan fingerprint density at radius 2 is 1.79 bits per heavy atom. The molecule has 3 aromatic carbocycles. The van der Waals surface area contributed by atoms with Crippen molar-refractivity contribution in [2.45, 2.75) is 0 Å². The topological polar surface area (TPSA) is 56.9 Å². The summed E-state index contributed by atoms with van der Waals surface area (Å²) in [6.45, 7) is 0.244. The van der Waals surface area contributed by atoms with E-state index in [4.69, 9.17) is 13.9 Å². The summed E-state index contributed by atoms with van der Waals surface area (Å²) < 4.78 is 18.7. The van der Waals surface area contributed by atoms with Gasteiger partial charge in [0, 0.05) is 25.4 Å². The molecule has 0 bridgehead atoms. The smallest absolute Gasteiger partial charge is 0.231 e. The first-order valence-electron chi connectivity index (χ1n) is 8.45. The van der Waals surface area contributed by atoms with E-state index in [1.807, 2.05) is 54.6 Å². The molecule has 28 heavy (non-hydrogen) atoms. The summed E-state index contributed by atoms with van der Waals surface area (Å²) >= 11 is 5.82. The second kappa shape index (κ2) is 7.21. The minimum atomic E-state index is 0.244. The van der Waals surface area contributed by atoms with Gasteiger partial charge in [0.15, 0.2) is 17.1 Å². The van der Waals surface area contributed by atoms with Gasteiger partial charge >= 0.3 is 0 Å². The number of aromatic nitrogens is 1. The SMILES string of the molecule is Brc1cc2c(cc1C=Nc1ccc3oc(-c4ccc(I)cc4)nc3c1)OCO2. The molecule has 0 N–H and O–H groups in total. The average molecular weight is 547 g/mol. The second-order valence-corrected chi connectivity index (χ2v) is 8.26. The molecule has 1 aliphatic rings. The van der Waals surface area contributed by atoms with Crippen LogP contribution in [0.5, 0.6) is 11.5 Å². The summed E-state index contributed by atoms with van der Waals surface area (Å²) in [6.07, 6.45) is 1.79. The van der Waals surface area contributed by atoms with Crippen LogP contribution in [0.2, 0.25) is 0 Å². The highest BCUT2D eigenvalue weighted by molar-refractivity contribution is 14.1. The van der Waals surface area contributed by atoms with Gasteiger partial charge in [0.25, 0.3) is 0 Å². The van der Waals surface area contributed by atoms with Crippen LogP contribution in [-0.4, -0.2) is 18.0 Å². The highest BCUT2D eigenvalue weighted by Gasteiger charge is 2.15. The summed E-state index contributed by atoms with van der Waals surface area (Å²) in [5, 5.41) is 0. The Hall–Kier alpha value is -2.39. The van der Waals surface area contributed by atoms with Crippen LogP contribution in [0.4, 0.5) is 5.69 Å². The number of rotatable bonds is 3. The molecule has 0 amide bonds. The van der Waals surface area contributed by atoms with E-state index in [1.54, 1.807) is 6.21 Å². The zero-order valence-electron chi connectivity index (χ0n) is 14.4. The third kappa shape index (κ3) is 3.40. The van der Waals surface area contributed by atoms with E-state index in [9.17, 15) is 0 Å². The number of fused-ring (bicyclic) bond motifs is 2. The molecule has 0 fully saturated rings. The first-order valence-corrected chi connectivity index (χ1v) is 10.3. The van der Waals surface area contributed by atoms with Gasteiger partial charge in [0.2, 0.25) is 12.7 Å². The molecule has 1 aliphatic heterocycles. The van der Waals surface area contributed by atoms with Crippen molar-refractivity contribution in [2.75, 3.05) is 6.79 Å². The predicted octanol–water partition coefficient (Wildman–Crippen LogP) is 6.34. The van der Waals surface area contributed by atoms with E-state index in [2.05, 4.69) is 48.5 Å². The summed E-state index contributed by atoms with van der Waals surface area (Å²) in [6, 6.07) is 17.6. The van der Waals surface area contributed by atoms with Gasteiger partial charge in [0.05, 0.1) is 5.69 Å². The first-order chi connectivity index (χ1) is 13.7. The maximum atomic E-state index is 5.88. The van der Waals surface area contributed by atoms with E-state index < -0.39 is 0 Å². The Balaban J connectivity index is 1.45. The van der Waals surface area contributed by atoms with Crippen LogP contribution < -0.4 is 9.47 Å². The van der Waals surface area contributed by atoms with Crippen LogP contribution in [0.25, 0.3) is 22.6 Å². The number of ether oxygens (including phenoxy) is 2. The van der Waals surface area contributed by atoms with Gasteiger partial charge in [-0.1, -0.05) is 0 Å². The Labute approximate surface area is 182 Å².